The molecule has 0 aromatic carbocycles. The van der Waals surface area contributed by atoms with Crippen molar-refractivity contribution < 1.29 is 58.9 Å². The number of halogens is 8. The Balaban J connectivity index is 1.56. The minimum absolute atomic E-state index is 0.0441. The molecule has 0 saturated heterocycles. The lowest BCUT2D eigenvalue weighted by molar-refractivity contribution is -0.340. The number of carbonyl (C=O) groups excluding carboxylic acids is 2. The monoisotopic (exact) mass is 508 g/mol. The number of hydrogen-bond acceptors (Lipinski definition) is 5. The number of carbonyl (C=O) groups is 2. The molecule has 0 aromatic heterocycles. The van der Waals surface area contributed by atoms with Crippen molar-refractivity contribution in [2.75, 3.05) is 13.2 Å². The molecule has 4 saturated carbocycles. The number of rotatable bonds is 8. The molecule has 0 radical (unpaired) electrons. The fraction of sp³-hybridized carbons (Fsp3) is 0.810. The van der Waals surface area contributed by atoms with Crippen molar-refractivity contribution in [3.05, 3.63) is 12.2 Å². The molecule has 0 heterocycles. The average Bonchev–Trinajstić information content (AvgIpc) is 2.63. The molecule has 0 amide bonds. The van der Waals surface area contributed by atoms with Crippen molar-refractivity contribution in [2.24, 2.45) is 23.7 Å². The zero-order valence-electron chi connectivity index (χ0n) is 18.1. The van der Waals surface area contributed by atoms with Crippen LogP contribution in [-0.4, -0.2) is 55.1 Å². The van der Waals surface area contributed by atoms with Crippen molar-refractivity contribution in [2.45, 2.75) is 69.0 Å². The maximum Gasteiger partial charge on any atom is 0.454 e. The third-order valence-corrected chi connectivity index (χ3v) is 6.73. The highest BCUT2D eigenvalue weighted by Crippen LogP contribution is 2.58. The van der Waals surface area contributed by atoms with E-state index >= 15 is 0 Å². The Morgan fingerprint density at radius 1 is 0.971 bits per heavy atom. The van der Waals surface area contributed by atoms with Crippen LogP contribution in [0, 0.1) is 23.7 Å². The summed E-state index contributed by atoms with van der Waals surface area (Å²) in [5.74, 6) is -14.0. The molecule has 0 N–H and O–H groups in total. The second kappa shape index (κ2) is 8.94. The van der Waals surface area contributed by atoms with Gasteiger partial charge in [0, 0.05) is 5.57 Å². The van der Waals surface area contributed by atoms with Gasteiger partial charge in [-0.25, -0.2) is 4.79 Å². The molecule has 4 rings (SSSR count). The van der Waals surface area contributed by atoms with E-state index in [9.17, 15) is 44.7 Å². The molecule has 34 heavy (non-hydrogen) atoms. The Morgan fingerprint density at radius 2 is 1.53 bits per heavy atom. The van der Waals surface area contributed by atoms with Gasteiger partial charge >= 0.3 is 30.2 Å². The second-order valence-corrected chi connectivity index (χ2v) is 9.42. The molecule has 4 fully saturated rings. The van der Waals surface area contributed by atoms with Crippen LogP contribution >= 0.6 is 0 Å². The Hall–Kier alpha value is -1.92. The Kier molecular flexibility index (Phi) is 7.02. The van der Waals surface area contributed by atoms with Crippen LogP contribution in [0.5, 0.6) is 0 Å². The molecule has 13 heteroatoms. The van der Waals surface area contributed by atoms with E-state index in [1.807, 2.05) is 0 Å². The maximum atomic E-state index is 13.3. The highest BCUT2D eigenvalue weighted by Gasteiger charge is 2.73. The zero-order chi connectivity index (χ0) is 25.7. The first-order valence-corrected chi connectivity index (χ1v) is 10.7. The van der Waals surface area contributed by atoms with E-state index in [0.29, 0.717) is 25.2 Å². The van der Waals surface area contributed by atoms with Crippen molar-refractivity contribution in [1.82, 2.24) is 0 Å². The molecule has 4 bridgehead atoms. The summed E-state index contributed by atoms with van der Waals surface area (Å²) in [5, 5.41) is 0. The van der Waals surface area contributed by atoms with E-state index in [1.54, 1.807) is 0 Å². The Labute approximate surface area is 189 Å². The van der Waals surface area contributed by atoms with E-state index in [4.69, 9.17) is 9.47 Å². The predicted molar refractivity (Wildman–Crippen MR) is 98.4 cm³/mol. The molecule has 3 atom stereocenters. The number of ether oxygens (including phenoxy) is 3. The van der Waals surface area contributed by atoms with Crippen LogP contribution in [0.25, 0.3) is 0 Å². The molecule has 194 valence electrons. The summed E-state index contributed by atoms with van der Waals surface area (Å²) in [6.45, 7) is 3.70. The maximum absolute atomic E-state index is 13.3. The van der Waals surface area contributed by atoms with Crippen molar-refractivity contribution >= 4 is 11.9 Å². The largest absolute Gasteiger partial charge is 0.463 e. The van der Waals surface area contributed by atoms with Gasteiger partial charge in [-0.3, -0.25) is 4.79 Å². The van der Waals surface area contributed by atoms with Crippen LogP contribution in [0.15, 0.2) is 12.2 Å². The quantitative estimate of drug-likeness (QED) is 0.200. The topological polar surface area (TPSA) is 61.8 Å². The fourth-order valence-electron chi connectivity index (χ4n) is 5.64. The van der Waals surface area contributed by atoms with Gasteiger partial charge in [0.15, 0.2) is 0 Å². The lowest BCUT2D eigenvalue weighted by Crippen LogP contribution is -2.59. The fourth-order valence-corrected chi connectivity index (χ4v) is 5.64. The molecule has 4 aliphatic rings. The average molecular weight is 508 g/mol. The van der Waals surface area contributed by atoms with Crippen molar-refractivity contribution in [1.29, 1.82) is 0 Å². The lowest BCUT2D eigenvalue weighted by atomic mass is 9.53. The standard InChI is InChI=1S/C21H24F8O5/c1-10(2)16(30)34-18-7-11-5-12(8-18)14(13(6-11)9-18)32-3-4-33-17(31)15(20(24,25)26)19(22,23)21(27,28)29/h11-15H,1,3-9H2,2H3. The van der Waals surface area contributed by atoms with Crippen molar-refractivity contribution in [3.63, 3.8) is 0 Å². The lowest BCUT2D eigenvalue weighted by Gasteiger charge is -2.58. The summed E-state index contributed by atoms with van der Waals surface area (Å²) < 4.78 is 118. The molecular formula is C21H24F8O5. The zero-order valence-corrected chi connectivity index (χ0v) is 18.1. The van der Waals surface area contributed by atoms with Gasteiger partial charge in [0.05, 0.1) is 12.7 Å². The summed E-state index contributed by atoms with van der Waals surface area (Å²) in [4.78, 5) is 23.6. The van der Waals surface area contributed by atoms with Gasteiger partial charge in [-0.05, 0) is 56.8 Å². The summed E-state index contributed by atoms with van der Waals surface area (Å²) in [5.41, 5.74) is -0.388. The summed E-state index contributed by atoms with van der Waals surface area (Å²) in [6.07, 6.45) is -9.92. The molecule has 3 unspecified atom stereocenters. The number of hydrogen-bond donors (Lipinski definition) is 0. The Bertz CT molecular complexity index is 805. The van der Waals surface area contributed by atoms with Crippen molar-refractivity contribution in [3.8, 4) is 0 Å². The van der Waals surface area contributed by atoms with E-state index in [0.717, 1.165) is 12.8 Å². The van der Waals surface area contributed by atoms with Gasteiger partial charge in [0.2, 0.25) is 5.92 Å². The van der Waals surface area contributed by atoms with Gasteiger partial charge in [0.25, 0.3) is 0 Å². The summed E-state index contributed by atoms with van der Waals surface area (Å²) in [7, 11) is 0. The third-order valence-electron chi connectivity index (χ3n) is 6.73. The van der Waals surface area contributed by atoms with E-state index in [-0.39, 0.29) is 23.5 Å². The first kappa shape index (κ1) is 26.7. The van der Waals surface area contributed by atoms with E-state index in [1.165, 1.54) is 6.92 Å². The smallest absolute Gasteiger partial charge is 0.454 e. The van der Waals surface area contributed by atoms with Gasteiger partial charge in [-0.1, -0.05) is 6.58 Å². The molecule has 0 aromatic rings. The minimum Gasteiger partial charge on any atom is -0.463 e. The third kappa shape index (κ3) is 5.18. The van der Waals surface area contributed by atoms with Crippen LogP contribution in [0.3, 0.4) is 0 Å². The predicted octanol–water partition coefficient (Wildman–Crippen LogP) is 4.99. The van der Waals surface area contributed by atoms with Crippen LogP contribution in [0.4, 0.5) is 35.1 Å². The van der Waals surface area contributed by atoms with E-state index < -0.39 is 54.9 Å². The van der Waals surface area contributed by atoms with E-state index in [2.05, 4.69) is 11.3 Å². The Morgan fingerprint density at radius 3 is 2.00 bits per heavy atom. The van der Waals surface area contributed by atoms with Crippen LogP contribution in [0.1, 0.15) is 39.0 Å². The van der Waals surface area contributed by atoms with Crippen LogP contribution in [0.2, 0.25) is 0 Å². The molecule has 4 aliphatic carbocycles. The molecule has 5 nitrogen and oxygen atoms in total. The highest BCUT2D eigenvalue weighted by atomic mass is 19.4. The van der Waals surface area contributed by atoms with Crippen LogP contribution in [-0.2, 0) is 23.8 Å². The normalized spacial score (nSPS) is 31.8. The molecule has 0 aliphatic heterocycles. The molecular weight excluding hydrogens is 484 g/mol. The SMILES string of the molecule is C=C(C)C(=O)OC12CC3CC(C1)C(OCCOC(=O)C(C(F)(F)F)C(F)(F)C(F)(F)F)C(C3)C2. The number of esters is 2. The van der Waals surface area contributed by atoms with Gasteiger partial charge in [0.1, 0.15) is 12.2 Å². The summed E-state index contributed by atoms with van der Waals surface area (Å²) in [6, 6.07) is 0. The first-order valence-electron chi connectivity index (χ1n) is 10.7. The highest BCUT2D eigenvalue weighted by molar-refractivity contribution is 5.87. The minimum atomic E-state index is -6.59. The first-order chi connectivity index (χ1) is 15.5. The van der Waals surface area contributed by atoms with Gasteiger partial charge in [-0.2, -0.15) is 35.1 Å². The summed E-state index contributed by atoms with van der Waals surface area (Å²) >= 11 is 0. The number of alkyl halides is 8. The second-order valence-electron chi connectivity index (χ2n) is 9.42. The van der Waals surface area contributed by atoms with Crippen LogP contribution < -0.4 is 0 Å². The van der Waals surface area contributed by atoms with Gasteiger partial charge < -0.3 is 14.2 Å². The van der Waals surface area contributed by atoms with Gasteiger partial charge in [-0.15, -0.1) is 0 Å². The molecule has 0 spiro atoms.